The summed E-state index contributed by atoms with van der Waals surface area (Å²) >= 11 is 0. The van der Waals surface area contributed by atoms with Crippen LogP contribution >= 0.6 is 0 Å². The minimum absolute atomic E-state index is 0.00579. The Morgan fingerprint density at radius 2 is 1.44 bits per heavy atom. The molecule has 2 aromatic carbocycles. The molecule has 1 saturated carbocycles. The molecule has 0 bridgehead atoms. The van der Waals surface area contributed by atoms with E-state index in [0.29, 0.717) is 0 Å². The van der Waals surface area contributed by atoms with Gasteiger partial charge in [0.05, 0.1) is 17.3 Å². The Hall–Kier alpha value is -3.15. The Morgan fingerprint density at radius 3 is 2.00 bits per heavy atom. The number of hydrogen-bond acceptors (Lipinski definition) is 5. The smallest absolute Gasteiger partial charge is 0.246 e. The number of hydrazone groups is 1. The van der Waals surface area contributed by atoms with Crippen LogP contribution in [0.4, 0.5) is 0 Å². The second-order valence-corrected chi connectivity index (χ2v) is 12.1. The van der Waals surface area contributed by atoms with Crippen LogP contribution in [0.3, 0.4) is 0 Å². The Bertz CT molecular complexity index is 1290. The topological polar surface area (TPSA) is 66.4 Å². The standard InChI is InChI=1S/C31H35N5/c1-20-8-12-23(13-9-20)26-25-27(29(25,4)5)31(24-14-10-21(2)11-15-24)22(3)28(35-16-6-7-17-35)30(18-32,19-33)36(31)34-26/h8-15,22,25,27-28H,6-7,16-17H2,1-5H3/t22-,25-,27+,28+,31-/m1/s1. The van der Waals surface area contributed by atoms with Gasteiger partial charge in [-0.3, -0.25) is 9.91 Å². The van der Waals surface area contributed by atoms with Crippen LogP contribution < -0.4 is 0 Å². The van der Waals surface area contributed by atoms with Crippen molar-refractivity contribution in [1.82, 2.24) is 9.91 Å². The molecule has 36 heavy (non-hydrogen) atoms. The minimum Gasteiger partial charge on any atom is -0.296 e. The fourth-order valence-electron chi connectivity index (χ4n) is 8.13. The monoisotopic (exact) mass is 477 g/mol. The second-order valence-electron chi connectivity index (χ2n) is 12.1. The third kappa shape index (κ3) is 2.76. The van der Waals surface area contributed by atoms with Crippen LogP contribution in [-0.2, 0) is 5.54 Å². The van der Waals surface area contributed by atoms with Gasteiger partial charge in [0.2, 0.25) is 5.54 Å². The van der Waals surface area contributed by atoms with Crippen molar-refractivity contribution in [3.8, 4) is 12.1 Å². The Morgan fingerprint density at radius 1 is 0.889 bits per heavy atom. The number of nitrogens with zero attached hydrogens (tertiary/aromatic N) is 5. The van der Waals surface area contributed by atoms with Crippen molar-refractivity contribution in [2.24, 2.45) is 28.3 Å². The number of aryl methyl sites for hydroxylation is 2. The highest BCUT2D eigenvalue weighted by Gasteiger charge is 2.81. The van der Waals surface area contributed by atoms with Gasteiger partial charge >= 0.3 is 0 Å². The minimum atomic E-state index is -1.35. The van der Waals surface area contributed by atoms with Crippen molar-refractivity contribution < 1.29 is 0 Å². The highest BCUT2D eigenvalue weighted by Crippen LogP contribution is 2.75. The van der Waals surface area contributed by atoms with E-state index in [1.165, 1.54) is 16.7 Å². The second kappa shape index (κ2) is 7.67. The van der Waals surface area contributed by atoms with E-state index in [1.807, 2.05) is 5.01 Å². The predicted molar refractivity (Wildman–Crippen MR) is 141 cm³/mol. The van der Waals surface area contributed by atoms with Crippen molar-refractivity contribution in [3.63, 3.8) is 0 Å². The molecule has 2 saturated heterocycles. The van der Waals surface area contributed by atoms with E-state index >= 15 is 0 Å². The van der Waals surface area contributed by atoms with Gasteiger partial charge in [-0.2, -0.15) is 15.6 Å². The zero-order chi connectivity index (χ0) is 25.5. The van der Waals surface area contributed by atoms with E-state index in [0.717, 1.165) is 37.2 Å². The molecule has 5 heteroatoms. The highest BCUT2D eigenvalue weighted by atomic mass is 15.6. The molecule has 0 unspecified atom stereocenters. The van der Waals surface area contributed by atoms with Gasteiger partial charge in [0.25, 0.3) is 0 Å². The predicted octanol–water partition coefficient (Wildman–Crippen LogP) is 5.39. The molecule has 0 amide bonds. The molecule has 5 atom stereocenters. The van der Waals surface area contributed by atoms with Crippen LogP contribution in [0, 0.1) is 59.7 Å². The maximum Gasteiger partial charge on any atom is 0.246 e. The summed E-state index contributed by atoms with van der Waals surface area (Å²) in [4.78, 5) is 2.41. The third-order valence-corrected chi connectivity index (χ3v) is 9.82. The van der Waals surface area contributed by atoms with Crippen molar-refractivity contribution in [1.29, 1.82) is 10.5 Å². The van der Waals surface area contributed by atoms with Crippen molar-refractivity contribution in [3.05, 3.63) is 70.8 Å². The summed E-state index contributed by atoms with van der Waals surface area (Å²) < 4.78 is 0. The van der Waals surface area contributed by atoms with Gasteiger partial charge in [-0.15, -0.1) is 0 Å². The molecular weight excluding hydrogens is 442 g/mol. The lowest BCUT2D eigenvalue weighted by Gasteiger charge is -2.46. The van der Waals surface area contributed by atoms with Crippen LogP contribution in [0.1, 0.15) is 55.9 Å². The van der Waals surface area contributed by atoms with Crippen molar-refractivity contribution in [2.45, 2.75) is 64.6 Å². The maximum absolute atomic E-state index is 10.8. The van der Waals surface area contributed by atoms with Gasteiger partial charge in [-0.1, -0.05) is 80.4 Å². The van der Waals surface area contributed by atoms with Gasteiger partial charge in [0.15, 0.2) is 0 Å². The number of fused-ring (bicyclic) bond motifs is 3. The molecule has 0 spiro atoms. The van der Waals surface area contributed by atoms with Gasteiger partial charge in [-0.25, -0.2) is 0 Å². The molecule has 3 heterocycles. The number of rotatable bonds is 3. The highest BCUT2D eigenvalue weighted by molar-refractivity contribution is 6.05. The molecule has 184 valence electrons. The first kappa shape index (κ1) is 23.3. The van der Waals surface area contributed by atoms with E-state index < -0.39 is 11.1 Å². The summed E-state index contributed by atoms with van der Waals surface area (Å²) in [6.07, 6.45) is 2.23. The number of likely N-dealkylation sites (tertiary alicyclic amines) is 1. The first-order valence-corrected chi connectivity index (χ1v) is 13.3. The van der Waals surface area contributed by atoms with E-state index in [-0.39, 0.29) is 29.2 Å². The van der Waals surface area contributed by atoms with Crippen molar-refractivity contribution >= 4 is 5.71 Å². The first-order valence-electron chi connectivity index (χ1n) is 13.3. The summed E-state index contributed by atoms with van der Waals surface area (Å²) in [6.45, 7) is 13.1. The Labute approximate surface area is 215 Å². The lowest BCUT2D eigenvalue weighted by atomic mass is 9.71. The SMILES string of the molecule is Cc1ccc(C2=NN3C(C#N)(C#N)[C@@H](N4CCCC4)[C@@H](C)[C@@]3(c3ccc(C)cc3)[C@H]3[C@@H]2C3(C)C)cc1. The molecule has 0 aromatic heterocycles. The fourth-order valence-corrected chi connectivity index (χ4v) is 8.13. The van der Waals surface area contributed by atoms with Crippen LogP contribution in [-0.4, -0.2) is 40.3 Å². The Balaban J connectivity index is 1.65. The largest absolute Gasteiger partial charge is 0.296 e. The molecule has 1 aliphatic carbocycles. The quantitative estimate of drug-likeness (QED) is 0.594. The zero-order valence-corrected chi connectivity index (χ0v) is 22.0. The van der Waals surface area contributed by atoms with Crippen molar-refractivity contribution in [2.75, 3.05) is 13.1 Å². The fraction of sp³-hybridized carbons (Fsp3) is 0.516. The average Bonchev–Trinajstić information content (AvgIpc) is 3.19. The number of nitriles is 2. The van der Waals surface area contributed by atoms with Gasteiger partial charge in [0.1, 0.15) is 12.1 Å². The van der Waals surface area contributed by atoms with E-state index in [9.17, 15) is 10.5 Å². The lowest BCUT2D eigenvalue weighted by Crippen LogP contribution is -2.56. The van der Waals surface area contributed by atoms with E-state index in [2.05, 4.69) is 100 Å². The lowest BCUT2D eigenvalue weighted by molar-refractivity contribution is 0.0309. The summed E-state index contributed by atoms with van der Waals surface area (Å²) in [5, 5.41) is 29.0. The summed E-state index contributed by atoms with van der Waals surface area (Å²) in [5.74, 6) is 0.591. The van der Waals surface area contributed by atoms with Crippen LogP contribution in [0.25, 0.3) is 0 Å². The first-order chi connectivity index (χ1) is 17.2. The molecule has 6 rings (SSSR count). The molecule has 3 aliphatic heterocycles. The molecule has 0 N–H and O–H groups in total. The van der Waals surface area contributed by atoms with Gasteiger partial charge in [-0.05, 0) is 56.3 Å². The normalized spacial score (nSPS) is 33.8. The summed E-state index contributed by atoms with van der Waals surface area (Å²) in [5.41, 5.74) is 3.85. The molecule has 4 aliphatic rings. The van der Waals surface area contributed by atoms with Crippen LogP contribution in [0.5, 0.6) is 0 Å². The molecule has 2 aromatic rings. The van der Waals surface area contributed by atoms with E-state index in [1.54, 1.807) is 0 Å². The van der Waals surface area contributed by atoms with Gasteiger partial charge < -0.3 is 0 Å². The molecule has 3 fully saturated rings. The maximum atomic E-state index is 10.8. The summed E-state index contributed by atoms with van der Waals surface area (Å²) in [7, 11) is 0. The number of hydrogen-bond donors (Lipinski definition) is 0. The van der Waals surface area contributed by atoms with Crippen LogP contribution in [0.15, 0.2) is 53.6 Å². The number of benzene rings is 2. The average molecular weight is 478 g/mol. The van der Waals surface area contributed by atoms with E-state index in [4.69, 9.17) is 5.10 Å². The molecular formula is C31H35N5. The summed E-state index contributed by atoms with van der Waals surface area (Å²) in [6, 6.07) is 22.3. The van der Waals surface area contributed by atoms with Gasteiger partial charge in [0, 0.05) is 17.8 Å². The zero-order valence-electron chi connectivity index (χ0n) is 22.0. The third-order valence-electron chi connectivity index (χ3n) is 9.82. The van der Waals surface area contributed by atoms with Crippen LogP contribution in [0.2, 0.25) is 0 Å². The molecule has 0 radical (unpaired) electrons. The molecule has 5 nitrogen and oxygen atoms in total. The Kier molecular flexibility index (Phi) is 4.96.